The molecule has 0 radical (unpaired) electrons. The second-order valence-electron chi connectivity index (χ2n) is 4.23. The third-order valence-electron chi connectivity index (χ3n) is 2.94. The monoisotopic (exact) mass is 291 g/mol. The van der Waals surface area contributed by atoms with Crippen LogP contribution in [0.3, 0.4) is 0 Å². The van der Waals surface area contributed by atoms with E-state index in [1.807, 2.05) is 0 Å². The number of hydrogen-bond acceptors (Lipinski definition) is 3. The van der Waals surface area contributed by atoms with E-state index in [-0.39, 0.29) is 16.1 Å². The summed E-state index contributed by atoms with van der Waals surface area (Å²) in [6.07, 6.45) is 4.95. The molecule has 1 aromatic carbocycles. The summed E-state index contributed by atoms with van der Waals surface area (Å²) in [5.74, 6) is -3.21. The van der Waals surface area contributed by atoms with E-state index >= 15 is 0 Å². The minimum Gasteiger partial charge on any atom is -0.255 e. The summed E-state index contributed by atoms with van der Waals surface area (Å²) < 4.78 is 28.9. The van der Waals surface area contributed by atoms with Crippen molar-refractivity contribution < 1.29 is 8.78 Å². The molecule has 0 aliphatic heterocycles. The van der Waals surface area contributed by atoms with Crippen molar-refractivity contribution >= 4 is 22.5 Å². The maximum Gasteiger partial charge on any atom is 0.301 e. The SMILES string of the molecule is FC(F)(c1cncnc1)c1cc(Cl)c2ncccc2c1. The van der Waals surface area contributed by atoms with Gasteiger partial charge in [-0.05, 0) is 18.2 Å². The number of benzene rings is 1. The number of halogens is 3. The number of nitrogens with zero attached hydrogens (tertiary/aromatic N) is 3. The molecule has 3 nitrogen and oxygen atoms in total. The average molecular weight is 292 g/mol. The van der Waals surface area contributed by atoms with Gasteiger partial charge in [0.2, 0.25) is 0 Å². The lowest BCUT2D eigenvalue weighted by atomic mass is 10.0. The van der Waals surface area contributed by atoms with Crippen LogP contribution in [0.1, 0.15) is 11.1 Å². The Balaban J connectivity index is 2.19. The standard InChI is InChI=1S/C14H8ClF2N3/c15-12-5-10(4-9-2-1-3-20-13(9)12)14(16,17)11-6-18-8-19-7-11/h1-8H. The van der Waals surface area contributed by atoms with Crippen LogP contribution in [0, 0.1) is 0 Å². The molecular formula is C14H8ClF2N3. The van der Waals surface area contributed by atoms with Crippen LogP contribution < -0.4 is 0 Å². The lowest BCUT2D eigenvalue weighted by Gasteiger charge is -2.17. The smallest absolute Gasteiger partial charge is 0.255 e. The zero-order valence-electron chi connectivity index (χ0n) is 10.1. The molecule has 0 aliphatic carbocycles. The number of hydrogen-bond donors (Lipinski definition) is 0. The van der Waals surface area contributed by atoms with E-state index in [4.69, 9.17) is 11.6 Å². The highest BCUT2D eigenvalue weighted by molar-refractivity contribution is 6.35. The summed E-state index contributed by atoms with van der Waals surface area (Å²) in [5.41, 5.74) is 0.00938. The number of fused-ring (bicyclic) bond motifs is 1. The minimum absolute atomic E-state index is 0.189. The maximum atomic E-state index is 14.4. The Bertz CT molecular complexity index is 763. The Morgan fingerprint density at radius 3 is 2.55 bits per heavy atom. The maximum absolute atomic E-state index is 14.4. The Morgan fingerprint density at radius 2 is 1.80 bits per heavy atom. The summed E-state index contributed by atoms with van der Waals surface area (Å²) >= 11 is 6.03. The van der Waals surface area contributed by atoms with Crippen molar-refractivity contribution in [3.05, 3.63) is 65.3 Å². The van der Waals surface area contributed by atoms with Gasteiger partial charge in [-0.15, -0.1) is 0 Å². The molecule has 100 valence electrons. The Kier molecular flexibility index (Phi) is 3.06. The summed E-state index contributed by atoms with van der Waals surface area (Å²) in [6.45, 7) is 0. The van der Waals surface area contributed by atoms with Crippen LogP contribution in [0.2, 0.25) is 5.02 Å². The summed E-state index contributed by atoms with van der Waals surface area (Å²) in [4.78, 5) is 11.3. The summed E-state index contributed by atoms with van der Waals surface area (Å²) in [6, 6.07) is 5.96. The Labute approximate surface area is 118 Å². The highest BCUT2D eigenvalue weighted by atomic mass is 35.5. The predicted octanol–water partition coefficient (Wildman–Crippen LogP) is 3.82. The molecule has 0 spiro atoms. The van der Waals surface area contributed by atoms with Gasteiger partial charge in [0.25, 0.3) is 0 Å². The predicted molar refractivity (Wildman–Crippen MR) is 71.8 cm³/mol. The van der Waals surface area contributed by atoms with Crippen LogP contribution in [-0.4, -0.2) is 15.0 Å². The highest BCUT2D eigenvalue weighted by Crippen LogP contribution is 2.38. The third-order valence-corrected chi connectivity index (χ3v) is 3.23. The van der Waals surface area contributed by atoms with Gasteiger partial charge in [0.1, 0.15) is 6.33 Å². The minimum atomic E-state index is -3.21. The molecule has 3 aromatic rings. The fourth-order valence-corrected chi connectivity index (χ4v) is 2.23. The molecule has 6 heteroatoms. The third kappa shape index (κ3) is 2.10. The van der Waals surface area contributed by atoms with Crippen LogP contribution in [0.25, 0.3) is 10.9 Å². The fourth-order valence-electron chi connectivity index (χ4n) is 1.96. The molecule has 2 aromatic heterocycles. The van der Waals surface area contributed by atoms with Crippen molar-refractivity contribution in [1.29, 1.82) is 0 Å². The molecule has 0 atom stereocenters. The van der Waals surface area contributed by atoms with Crippen LogP contribution in [0.15, 0.2) is 49.2 Å². The van der Waals surface area contributed by atoms with E-state index in [2.05, 4.69) is 15.0 Å². The molecule has 2 heterocycles. The van der Waals surface area contributed by atoms with Crippen LogP contribution in [-0.2, 0) is 5.92 Å². The van der Waals surface area contributed by atoms with Crippen LogP contribution >= 0.6 is 11.6 Å². The molecule has 0 saturated carbocycles. The molecule has 0 saturated heterocycles. The zero-order valence-corrected chi connectivity index (χ0v) is 10.9. The Morgan fingerprint density at radius 1 is 1.05 bits per heavy atom. The van der Waals surface area contributed by atoms with Crippen molar-refractivity contribution in [2.45, 2.75) is 5.92 Å². The van der Waals surface area contributed by atoms with Crippen molar-refractivity contribution in [2.75, 3.05) is 0 Å². The average Bonchev–Trinajstić information content (AvgIpc) is 2.48. The number of aromatic nitrogens is 3. The first-order chi connectivity index (χ1) is 9.59. The van der Waals surface area contributed by atoms with Crippen LogP contribution in [0.5, 0.6) is 0 Å². The van der Waals surface area contributed by atoms with E-state index in [9.17, 15) is 8.78 Å². The van der Waals surface area contributed by atoms with Gasteiger partial charge >= 0.3 is 5.92 Å². The fraction of sp³-hybridized carbons (Fsp3) is 0.0714. The largest absolute Gasteiger partial charge is 0.301 e. The summed E-state index contributed by atoms with van der Waals surface area (Å²) in [5, 5.41) is 0.751. The first-order valence-corrected chi connectivity index (χ1v) is 6.15. The molecule has 0 unspecified atom stereocenters. The Hall–Kier alpha value is -2.14. The second-order valence-corrected chi connectivity index (χ2v) is 4.64. The van der Waals surface area contributed by atoms with Gasteiger partial charge in [-0.25, -0.2) is 9.97 Å². The van der Waals surface area contributed by atoms with Crippen molar-refractivity contribution in [1.82, 2.24) is 15.0 Å². The van der Waals surface area contributed by atoms with E-state index < -0.39 is 5.92 Å². The topological polar surface area (TPSA) is 38.7 Å². The van der Waals surface area contributed by atoms with Gasteiger partial charge in [-0.1, -0.05) is 17.7 Å². The van der Waals surface area contributed by atoms with Gasteiger partial charge in [0.15, 0.2) is 0 Å². The lowest BCUT2D eigenvalue weighted by Crippen LogP contribution is -2.16. The molecular weight excluding hydrogens is 284 g/mol. The number of alkyl halides is 2. The molecule has 0 N–H and O–H groups in total. The van der Waals surface area contributed by atoms with Gasteiger partial charge in [-0.3, -0.25) is 4.98 Å². The highest BCUT2D eigenvalue weighted by Gasteiger charge is 2.35. The van der Waals surface area contributed by atoms with E-state index in [1.165, 1.54) is 18.5 Å². The van der Waals surface area contributed by atoms with Gasteiger partial charge in [0, 0.05) is 29.5 Å². The quantitative estimate of drug-likeness (QED) is 0.720. The molecule has 20 heavy (non-hydrogen) atoms. The van der Waals surface area contributed by atoms with E-state index in [0.29, 0.717) is 10.9 Å². The number of pyridine rings is 1. The lowest BCUT2D eigenvalue weighted by molar-refractivity contribution is 0.0422. The van der Waals surface area contributed by atoms with E-state index in [1.54, 1.807) is 18.3 Å². The van der Waals surface area contributed by atoms with Crippen molar-refractivity contribution in [3.63, 3.8) is 0 Å². The normalized spacial score (nSPS) is 11.8. The molecule has 0 bridgehead atoms. The van der Waals surface area contributed by atoms with Crippen molar-refractivity contribution in [3.8, 4) is 0 Å². The van der Waals surface area contributed by atoms with Gasteiger partial charge < -0.3 is 0 Å². The molecule has 0 fully saturated rings. The van der Waals surface area contributed by atoms with Crippen LogP contribution in [0.4, 0.5) is 8.78 Å². The number of rotatable bonds is 2. The van der Waals surface area contributed by atoms with Gasteiger partial charge in [0.05, 0.1) is 16.1 Å². The first kappa shape index (κ1) is 12.9. The summed E-state index contributed by atoms with van der Waals surface area (Å²) in [7, 11) is 0. The molecule has 3 rings (SSSR count). The van der Waals surface area contributed by atoms with E-state index in [0.717, 1.165) is 12.4 Å². The van der Waals surface area contributed by atoms with Gasteiger partial charge in [-0.2, -0.15) is 8.78 Å². The first-order valence-electron chi connectivity index (χ1n) is 5.77. The molecule has 0 amide bonds. The van der Waals surface area contributed by atoms with Crippen molar-refractivity contribution in [2.24, 2.45) is 0 Å². The zero-order chi connectivity index (χ0) is 14.2. The molecule has 0 aliphatic rings. The second kappa shape index (κ2) is 4.76.